The summed E-state index contributed by atoms with van der Waals surface area (Å²) in [5, 5.41) is 5.05. The number of carbonyl (C=O) groups excluding carboxylic acids is 1. The molecule has 174 valence electrons. The summed E-state index contributed by atoms with van der Waals surface area (Å²) in [6, 6.07) is 23.4. The lowest BCUT2D eigenvalue weighted by Crippen LogP contribution is -2.06. The number of ether oxygens (including phenoxy) is 3. The molecular formula is C28H28N2O4. The van der Waals surface area contributed by atoms with Gasteiger partial charge >= 0.3 is 5.97 Å². The first-order valence-electron chi connectivity index (χ1n) is 11.1. The van der Waals surface area contributed by atoms with Crippen LogP contribution in [0.3, 0.4) is 0 Å². The Bertz CT molecular complexity index is 1260. The Hall–Kier alpha value is -4.06. The maximum absolute atomic E-state index is 11.8. The molecule has 0 aliphatic carbocycles. The van der Waals surface area contributed by atoms with E-state index in [2.05, 4.69) is 19.1 Å². The minimum atomic E-state index is -0.348. The van der Waals surface area contributed by atoms with Crippen LogP contribution in [-0.2, 0) is 17.7 Å². The van der Waals surface area contributed by atoms with Crippen LogP contribution in [0.2, 0.25) is 0 Å². The van der Waals surface area contributed by atoms with Crippen LogP contribution in [0.25, 0.3) is 22.5 Å². The number of rotatable bonds is 8. The van der Waals surface area contributed by atoms with E-state index in [1.54, 1.807) is 26.4 Å². The zero-order valence-corrected chi connectivity index (χ0v) is 19.9. The highest BCUT2D eigenvalue weighted by Crippen LogP contribution is 2.34. The van der Waals surface area contributed by atoms with E-state index in [0.717, 1.165) is 46.0 Å². The normalized spacial score (nSPS) is 10.7. The standard InChI is InChI=1S/C28H28N2O4/c1-5-25-26(20-10-14-23(32-2)15-11-20)29-30(27(25)21-12-16-24(33-3)17-13-21)18-19-6-8-22(9-7-19)28(31)34-4/h6-17H,5,18H2,1-4H3. The van der Waals surface area contributed by atoms with Crippen molar-refractivity contribution in [3.05, 3.63) is 89.5 Å². The smallest absolute Gasteiger partial charge is 0.337 e. The molecule has 34 heavy (non-hydrogen) atoms. The largest absolute Gasteiger partial charge is 0.497 e. The van der Waals surface area contributed by atoms with Crippen LogP contribution in [0.4, 0.5) is 0 Å². The first-order valence-corrected chi connectivity index (χ1v) is 11.1. The molecule has 4 aromatic rings. The van der Waals surface area contributed by atoms with Crippen LogP contribution in [0, 0.1) is 0 Å². The van der Waals surface area contributed by atoms with Gasteiger partial charge in [0, 0.05) is 16.7 Å². The summed E-state index contributed by atoms with van der Waals surface area (Å²) in [6.07, 6.45) is 0.823. The molecule has 6 nitrogen and oxygen atoms in total. The summed E-state index contributed by atoms with van der Waals surface area (Å²) in [6.45, 7) is 2.71. The van der Waals surface area contributed by atoms with E-state index in [1.807, 2.05) is 53.2 Å². The first-order chi connectivity index (χ1) is 16.6. The molecule has 0 unspecified atom stereocenters. The maximum Gasteiger partial charge on any atom is 0.337 e. The first kappa shape index (κ1) is 23.1. The lowest BCUT2D eigenvalue weighted by molar-refractivity contribution is 0.0600. The average Bonchev–Trinajstić information content (AvgIpc) is 3.26. The fourth-order valence-corrected chi connectivity index (χ4v) is 4.04. The van der Waals surface area contributed by atoms with Crippen molar-refractivity contribution in [3.63, 3.8) is 0 Å². The molecular weight excluding hydrogens is 428 g/mol. The van der Waals surface area contributed by atoms with Crippen LogP contribution in [-0.4, -0.2) is 37.1 Å². The number of benzene rings is 3. The number of esters is 1. The van der Waals surface area contributed by atoms with Crippen LogP contribution in [0.1, 0.15) is 28.4 Å². The van der Waals surface area contributed by atoms with Gasteiger partial charge in [-0.05, 0) is 72.6 Å². The van der Waals surface area contributed by atoms with Crippen LogP contribution in [0.5, 0.6) is 11.5 Å². The van der Waals surface area contributed by atoms with Crippen molar-refractivity contribution >= 4 is 5.97 Å². The molecule has 6 heteroatoms. The van der Waals surface area contributed by atoms with Gasteiger partial charge in [0.2, 0.25) is 0 Å². The number of methoxy groups -OCH3 is 3. The zero-order chi connectivity index (χ0) is 24.1. The predicted octanol–water partition coefficient (Wildman–Crippen LogP) is 5.63. The van der Waals surface area contributed by atoms with E-state index in [0.29, 0.717) is 12.1 Å². The Balaban J connectivity index is 1.80. The molecule has 0 spiro atoms. The zero-order valence-electron chi connectivity index (χ0n) is 19.9. The minimum Gasteiger partial charge on any atom is -0.497 e. The fraction of sp³-hybridized carbons (Fsp3) is 0.214. The summed E-state index contributed by atoms with van der Waals surface area (Å²) in [7, 11) is 4.71. The molecule has 0 saturated heterocycles. The van der Waals surface area contributed by atoms with Crippen molar-refractivity contribution in [2.45, 2.75) is 19.9 Å². The Morgan fingerprint density at radius 1 is 0.794 bits per heavy atom. The molecule has 4 rings (SSSR count). The lowest BCUT2D eigenvalue weighted by Gasteiger charge is -2.11. The van der Waals surface area contributed by atoms with Crippen molar-refractivity contribution < 1.29 is 19.0 Å². The summed E-state index contributed by atoms with van der Waals surface area (Å²) < 4.78 is 17.5. The minimum absolute atomic E-state index is 0.348. The van der Waals surface area contributed by atoms with Gasteiger partial charge in [-0.1, -0.05) is 19.1 Å². The van der Waals surface area contributed by atoms with Gasteiger partial charge in [0.1, 0.15) is 11.5 Å². The molecule has 0 radical (unpaired) electrons. The quantitative estimate of drug-likeness (QED) is 0.322. The highest BCUT2D eigenvalue weighted by atomic mass is 16.5. The molecule has 0 amide bonds. The van der Waals surface area contributed by atoms with E-state index in [-0.39, 0.29) is 5.97 Å². The Kier molecular flexibility index (Phi) is 6.97. The molecule has 0 atom stereocenters. The number of aromatic nitrogens is 2. The van der Waals surface area contributed by atoms with Gasteiger partial charge in [0.05, 0.1) is 44.8 Å². The third-order valence-corrected chi connectivity index (χ3v) is 5.84. The second kappa shape index (κ2) is 10.3. The van der Waals surface area contributed by atoms with Gasteiger partial charge in [-0.2, -0.15) is 5.10 Å². The van der Waals surface area contributed by atoms with E-state index in [9.17, 15) is 4.79 Å². The van der Waals surface area contributed by atoms with Crippen molar-refractivity contribution in [1.29, 1.82) is 0 Å². The summed E-state index contributed by atoms with van der Waals surface area (Å²) in [4.78, 5) is 11.8. The van der Waals surface area contributed by atoms with Crippen molar-refractivity contribution in [2.75, 3.05) is 21.3 Å². The average molecular weight is 457 g/mol. The molecule has 0 aliphatic heterocycles. The van der Waals surface area contributed by atoms with Gasteiger partial charge in [-0.15, -0.1) is 0 Å². The van der Waals surface area contributed by atoms with Gasteiger partial charge < -0.3 is 14.2 Å². The topological polar surface area (TPSA) is 62.6 Å². The molecule has 0 bridgehead atoms. The molecule has 1 heterocycles. The molecule has 0 fully saturated rings. The van der Waals surface area contributed by atoms with E-state index >= 15 is 0 Å². The molecule has 3 aromatic carbocycles. The van der Waals surface area contributed by atoms with Gasteiger partial charge in [0.15, 0.2) is 0 Å². The predicted molar refractivity (Wildman–Crippen MR) is 132 cm³/mol. The van der Waals surface area contributed by atoms with Crippen molar-refractivity contribution in [3.8, 4) is 34.0 Å². The van der Waals surface area contributed by atoms with E-state index in [4.69, 9.17) is 19.3 Å². The third kappa shape index (κ3) is 4.66. The monoisotopic (exact) mass is 456 g/mol. The van der Waals surface area contributed by atoms with E-state index < -0.39 is 0 Å². The second-order valence-electron chi connectivity index (χ2n) is 7.83. The van der Waals surface area contributed by atoms with Crippen LogP contribution >= 0.6 is 0 Å². The van der Waals surface area contributed by atoms with Gasteiger partial charge in [-0.3, -0.25) is 4.68 Å². The number of hydrogen-bond donors (Lipinski definition) is 0. The SMILES string of the molecule is CCc1c(-c2ccc(OC)cc2)nn(Cc2ccc(C(=O)OC)cc2)c1-c1ccc(OC)cc1. The fourth-order valence-electron chi connectivity index (χ4n) is 4.04. The Labute approximate surface area is 199 Å². The molecule has 0 aliphatic rings. The van der Waals surface area contributed by atoms with Crippen molar-refractivity contribution in [2.24, 2.45) is 0 Å². The molecule has 0 N–H and O–H groups in total. The maximum atomic E-state index is 11.8. The molecule has 0 saturated carbocycles. The van der Waals surface area contributed by atoms with Gasteiger partial charge in [-0.25, -0.2) is 4.79 Å². The number of carbonyl (C=O) groups is 1. The number of nitrogens with zero attached hydrogens (tertiary/aromatic N) is 2. The molecule has 1 aromatic heterocycles. The number of hydrogen-bond acceptors (Lipinski definition) is 5. The van der Waals surface area contributed by atoms with E-state index in [1.165, 1.54) is 12.7 Å². The highest BCUT2D eigenvalue weighted by Gasteiger charge is 2.20. The highest BCUT2D eigenvalue weighted by molar-refractivity contribution is 5.89. The third-order valence-electron chi connectivity index (χ3n) is 5.84. The van der Waals surface area contributed by atoms with Gasteiger partial charge in [0.25, 0.3) is 0 Å². The summed E-state index contributed by atoms with van der Waals surface area (Å²) >= 11 is 0. The van der Waals surface area contributed by atoms with Crippen LogP contribution < -0.4 is 9.47 Å². The Morgan fingerprint density at radius 3 is 1.85 bits per heavy atom. The summed E-state index contributed by atoms with van der Waals surface area (Å²) in [5.41, 5.74) is 6.84. The van der Waals surface area contributed by atoms with Crippen molar-refractivity contribution in [1.82, 2.24) is 9.78 Å². The summed E-state index contributed by atoms with van der Waals surface area (Å²) in [5.74, 6) is 1.27. The van der Waals surface area contributed by atoms with Crippen LogP contribution in [0.15, 0.2) is 72.8 Å². The second-order valence-corrected chi connectivity index (χ2v) is 7.83. The lowest BCUT2D eigenvalue weighted by atomic mass is 9.99. The Morgan fingerprint density at radius 2 is 1.35 bits per heavy atom.